The van der Waals surface area contributed by atoms with Crippen LogP contribution < -0.4 is 10.9 Å². The zero-order chi connectivity index (χ0) is 17.5. The van der Waals surface area contributed by atoms with Crippen molar-refractivity contribution < 1.29 is 9.53 Å². The highest BCUT2D eigenvalue weighted by molar-refractivity contribution is 5.67. The number of rotatable bonds is 5. The molecule has 0 aromatic heterocycles. The van der Waals surface area contributed by atoms with E-state index in [1.807, 2.05) is 91.0 Å². The minimum atomic E-state index is -0.752. The number of carbonyl (C=O) groups excluding carboxylic acids is 1. The van der Waals surface area contributed by atoms with Crippen LogP contribution in [-0.4, -0.2) is 13.2 Å². The number of carbonyl (C=O) groups is 1. The molecule has 3 aromatic rings. The van der Waals surface area contributed by atoms with Gasteiger partial charge in [0, 0.05) is 0 Å². The Bertz CT molecular complexity index is 708. The first-order chi connectivity index (χ1) is 12.3. The smallest absolute Gasteiger partial charge is 0.421 e. The first-order valence-electron chi connectivity index (χ1n) is 8.05. The average molecular weight is 332 g/mol. The summed E-state index contributed by atoms with van der Waals surface area (Å²) in [4.78, 5) is 11.8. The van der Waals surface area contributed by atoms with Gasteiger partial charge in [0.1, 0.15) is 5.54 Å². The van der Waals surface area contributed by atoms with Gasteiger partial charge in [0.2, 0.25) is 0 Å². The van der Waals surface area contributed by atoms with Gasteiger partial charge in [-0.05, 0) is 16.7 Å². The molecule has 1 amide bonds. The highest BCUT2D eigenvalue weighted by Crippen LogP contribution is 2.36. The lowest BCUT2D eigenvalue weighted by molar-refractivity contribution is 0.161. The minimum Gasteiger partial charge on any atom is -0.452 e. The lowest BCUT2D eigenvalue weighted by Gasteiger charge is -2.36. The van der Waals surface area contributed by atoms with E-state index >= 15 is 0 Å². The fraction of sp³-hybridized carbons (Fsp3) is 0.0952. The predicted octanol–water partition coefficient (Wildman–Crippen LogP) is 3.84. The monoisotopic (exact) mass is 332 g/mol. The SMILES string of the molecule is COC(=O)NNC(c1ccccc1)(c1ccccc1)c1ccccc1. The fourth-order valence-corrected chi connectivity index (χ4v) is 2.98. The zero-order valence-electron chi connectivity index (χ0n) is 14.0. The van der Waals surface area contributed by atoms with E-state index in [4.69, 9.17) is 4.74 Å². The number of ether oxygens (including phenoxy) is 1. The summed E-state index contributed by atoms with van der Waals surface area (Å²) < 4.78 is 4.74. The molecule has 3 rings (SSSR count). The molecule has 0 unspecified atom stereocenters. The normalized spacial score (nSPS) is 10.9. The van der Waals surface area contributed by atoms with Crippen molar-refractivity contribution in [2.45, 2.75) is 5.54 Å². The molecule has 0 heterocycles. The highest BCUT2D eigenvalue weighted by Gasteiger charge is 2.36. The molecule has 0 aliphatic rings. The lowest BCUT2D eigenvalue weighted by Crippen LogP contribution is -2.53. The Morgan fingerprint density at radius 1 is 0.720 bits per heavy atom. The summed E-state index contributed by atoms with van der Waals surface area (Å²) in [5, 5.41) is 0. The molecule has 25 heavy (non-hydrogen) atoms. The molecule has 126 valence electrons. The van der Waals surface area contributed by atoms with Crippen LogP contribution in [0.1, 0.15) is 16.7 Å². The quantitative estimate of drug-likeness (QED) is 0.551. The Morgan fingerprint density at radius 2 is 1.08 bits per heavy atom. The first-order valence-corrected chi connectivity index (χ1v) is 8.05. The molecule has 4 heteroatoms. The van der Waals surface area contributed by atoms with E-state index in [0.717, 1.165) is 16.7 Å². The fourth-order valence-electron chi connectivity index (χ4n) is 2.98. The van der Waals surface area contributed by atoms with Crippen LogP contribution in [0.15, 0.2) is 91.0 Å². The minimum absolute atomic E-state index is 0.549. The number of hydrogen-bond donors (Lipinski definition) is 2. The van der Waals surface area contributed by atoms with Crippen molar-refractivity contribution in [2.75, 3.05) is 7.11 Å². The van der Waals surface area contributed by atoms with Gasteiger partial charge in [0.25, 0.3) is 0 Å². The lowest BCUT2D eigenvalue weighted by atomic mass is 9.77. The number of methoxy groups -OCH3 is 1. The number of benzene rings is 3. The average Bonchev–Trinajstić information content (AvgIpc) is 2.71. The van der Waals surface area contributed by atoms with Crippen molar-refractivity contribution in [1.29, 1.82) is 0 Å². The van der Waals surface area contributed by atoms with E-state index < -0.39 is 11.6 Å². The van der Waals surface area contributed by atoms with Gasteiger partial charge in [0.15, 0.2) is 0 Å². The third-order valence-electron chi connectivity index (χ3n) is 4.16. The van der Waals surface area contributed by atoms with Gasteiger partial charge in [-0.1, -0.05) is 91.0 Å². The highest BCUT2D eigenvalue weighted by atomic mass is 16.5. The summed E-state index contributed by atoms with van der Waals surface area (Å²) in [5.74, 6) is 0. The predicted molar refractivity (Wildman–Crippen MR) is 97.9 cm³/mol. The van der Waals surface area contributed by atoms with Crippen molar-refractivity contribution >= 4 is 6.09 Å². The maximum atomic E-state index is 11.8. The van der Waals surface area contributed by atoms with Crippen LogP contribution in [0, 0.1) is 0 Å². The molecule has 0 aliphatic carbocycles. The first kappa shape index (κ1) is 16.7. The van der Waals surface area contributed by atoms with Crippen LogP contribution in [0.4, 0.5) is 4.79 Å². The topological polar surface area (TPSA) is 50.4 Å². The van der Waals surface area contributed by atoms with Gasteiger partial charge in [-0.2, -0.15) is 0 Å². The molecule has 2 N–H and O–H groups in total. The second-order valence-electron chi connectivity index (χ2n) is 5.59. The van der Waals surface area contributed by atoms with Crippen LogP contribution in [0.3, 0.4) is 0 Å². The Hall–Kier alpha value is -3.11. The van der Waals surface area contributed by atoms with Gasteiger partial charge < -0.3 is 4.74 Å². The van der Waals surface area contributed by atoms with Crippen molar-refractivity contribution in [2.24, 2.45) is 0 Å². The summed E-state index contributed by atoms with van der Waals surface area (Å²) in [7, 11) is 1.34. The number of hydrazine groups is 1. The number of nitrogens with one attached hydrogen (secondary N) is 2. The maximum Gasteiger partial charge on any atom is 0.421 e. The van der Waals surface area contributed by atoms with E-state index in [-0.39, 0.29) is 0 Å². The molecule has 0 bridgehead atoms. The summed E-state index contributed by atoms with van der Waals surface area (Å²) in [6.45, 7) is 0. The van der Waals surface area contributed by atoms with Gasteiger partial charge in [-0.25, -0.2) is 10.2 Å². The molecule has 0 saturated carbocycles. The summed E-state index contributed by atoms with van der Waals surface area (Å²) in [6.07, 6.45) is -0.549. The van der Waals surface area contributed by atoms with E-state index in [9.17, 15) is 4.79 Å². The second kappa shape index (κ2) is 7.64. The van der Waals surface area contributed by atoms with Crippen molar-refractivity contribution in [3.8, 4) is 0 Å². The molecular weight excluding hydrogens is 312 g/mol. The van der Waals surface area contributed by atoms with Crippen LogP contribution in [0.5, 0.6) is 0 Å². The Kier molecular flexibility index (Phi) is 5.11. The standard InChI is InChI=1S/C21H20N2O2/c1-25-20(24)22-23-21(17-11-5-2-6-12-17,18-13-7-3-8-14-18)19-15-9-4-10-16-19/h2-16,23H,1H3,(H,22,24). The van der Waals surface area contributed by atoms with Gasteiger partial charge in [0.05, 0.1) is 7.11 Å². The van der Waals surface area contributed by atoms with Gasteiger partial charge >= 0.3 is 6.09 Å². The molecule has 0 atom stereocenters. The largest absolute Gasteiger partial charge is 0.452 e. The van der Waals surface area contributed by atoms with Crippen LogP contribution in [0.2, 0.25) is 0 Å². The molecule has 0 fully saturated rings. The summed E-state index contributed by atoms with van der Waals surface area (Å²) in [6, 6.07) is 30.0. The molecule has 0 aliphatic heterocycles. The van der Waals surface area contributed by atoms with Crippen LogP contribution >= 0.6 is 0 Å². The third-order valence-corrected chi connectivity index (χ3v) is 4.16. The Morgan fingerprint density at radius 3 is 1.40 bits per heavy atom. The molecule has 0 spiro atoms. The molecule has 4 nitrogen and oxygen atoms in total. The maximum absolute atomic E-state index is 11.8. The summed E-state index contributed by atoms with van der Waals surface area (Å²) in [5.41, 5.74) is 8.12. The van der Waals surface area contributed by atoms with E-state index in [1.54, 1.807) is 0 Å². The van der Waals surface area contributed by atoms with Crippen molar-refractivity contribution in [3.05, 3.63) is 108 Å². The summed E-state index contributed by atoms with van der Waals surface area (Å²) >= 11 is 0. The van der Waals surface area contributed by atoms with Crippen molar-refractivity contribution in [3.63, 3.8) is 0 Å². The van der Waals surface area contributed by atoms with E-state index in [2.05, 4.69) is 10.9 Å². The van der Waals surface area contributed by atoms with E-state index in [1.165, 1.54) is 7.11 Å². The van der Waals surface area contributed by atoms with Crippen LogP contribution in [0.25, 0.3) is 0 Å². The molecule has 0 radical (unpaired) electrons. The number of hydrogen-bond acceptors (Lipinski definition) is 3. The second-order valence-corrected chi connectivity index (χ2v) is 5.59. The zero-order valence-corrected chi connectivity index (χ0v) is 14.0. The molecular formula is C21H20N2O2. The van der Waals surface area contributed by atoms with E-state index in [0.29, 0.717) is 0 Å². The Labute approximate surface area is 147 Å². The Balaban J connectivity index is 2.22. The number of amides is 1. The third kappa shape index (κ3) is 3.39. The van der Waals surface area contributed by atoms with Crippen LogP contribution in [-0.2, 0) is 10.3 Å². The molecule has 0 saturated heterocycles. The van der Waals surface area contributed by atoms with Gasteiger partial charge in [-0.3, -0.25) is 5.43 Å². The van der Waals surface area contributed by atoms with Crippen molar-refractivity contribution in [1.82, 2.24) is 10.9 Å². The van der Waals surface area contributed by atoms with Gasteiger partial charge in [-0.15, -0.1) is 0 Å². The molecule has 3 aromatic carbocycles.